The quantitative estimate of drug-likeness (QED) is 0.135. The van der Waals surface area contributed by atoms with E-state index in [-0.39, 0.29) is 0 Å². The van der Waals surface area contributed by atoms with Gasteiger partial charge in [0, 0.05) is 63.7 Å². The molecule has 4 heterocycles. The molecule has 14 rings (SSSR count). The van der Waals surface area contributed by atoms with Gasteiger partial charge in [-0.1, -0.05) is 182 Å². The van der Waals surface area contributed by atoms with E-state index in [1.54, 1.807) is 0 Å². The SMILES string of the molecule is O=P1(c2ccccc2)C(C2=C3CCCC3=C(C3=C4CCCC4=C(c4ccccc4)P3(=O)c3ccccc3)P2(=O)c2ccccc2)=C2CCCC2=C1C1=C2CCCC2=C(c2ccccc2)P1(=O)c1ccccc1. The van der Waals surface area contributed by atoms with Crippen LogP contribution in [-0.2, 0) is 18.3 Å². The second-order valence-corrected chi connectivity index (χ2v) is 31.1. The molecule has 0 saturated heterocycles. The van der Waals surface area contributed by atoms with E-state index in [0.717, 1.165) is 150 Å². The van der Waals surface area contributed by atoms with Crippen LogP contribution in [0.5, 0.6) is 0 Å². The van der Waals surface area contributed by atoms with Gasteiger partial charge in [0.15, 0.2) is 28.6 Å². The Hall–Kier alpha value is -5.84. The standard InChI is InChI=1S/C64H54O4P4/c65-69(45-27-11-3-12-28-45)57(43-23-7-1-8-24-43)49-35-19-37-51(49)59(69)61-53-39-21-41-55(53)63(71(61,67)47-31-15-5-16-32-47)64-56-42-22-40-54(56)62(72(64,68)48-33-17-6-18-34-48)60-52-38-20-36-50(52)58(44-25-9-2-10-26-44)70(60,66)46-29-13-4-14-30-46/h1-18,23-34H,19-22,35-42H2. The molecule has 8 aliphatic rings. The predicted molar refractivity (Wildman–Crippen MR) is 299 cm³/mol. The molecule has 0 aromatic heterocycles. The molecule has 6 aromatic carbocycles. The minimum absolute atomic E-state index is 0.686. The van der Waals surface area contributed by atoms with Crippen LogP contribution in [0.3, 0.4) is 0 Å². The lowest BCUT2D eigenvalue weighted by atomic mass is 10.0. The number of benzene rings is 6. The molecule has 0 radical (unpaired) electrons. The van der Waals surface area contributed by atoms with Crippen LogP contribution in [0.25, 0.3) is 10.6 Å². The van der Waals surface area contributed by atoms with Gasteiger partial charge in [-0.3, -0.25) is 0 Å². The molecule has 72 heavy (non-hydrogen) atoms. The van der Waals surface area contributed by atoms with Crippen LogP contribution in [0.15, 0.2) is 258 Å². The summed E-state index contributed by atoms with van der Waals surface area (Å²) < 4.78 is 71.6. The average molecular weight is 1010 g/mol. The first kappa shape index (κ1) is 44.8. The molecule has 0 N–H and O–H groups in total. The summed E-state index contributed by atoms with van der Waals surface area (Å²) in [5.74, 6) is 0. The Morgan fingerprint density at radius 1 is 0.208 bits per heavy atom. The summed E-state index contributed by atoms with van der Waals surface area (Å²) >= 11 is 0. The van der Waals surface area contributed by atoms with Crippen LogP contribution in [0.2, 0.25) is 0 Å². The molecule has 0 bridgehead atoms. The fourth-order valence-corrected chi connectivity index (χ4v) is 30.8. The third kappa shape index (κ3) is 6.02. The molecular weight excluding hydrogens is 957 g/mol. The Bertz CT molecular complexity index is 3560. The normalized spacial score (nSPS) is 27.6. The van der Waals surface area contributed by atoms with Crippen LogP contribution < -0.4 is 21.2 Å². The number of rotatable bonds is 9. The van der Waals surface area contributed by atoms with E-state index in [2.05, 4.69) is 24.3 Å². The van der Waals surface area contributed by atoms with Crippen molar-refractivity contribution < 1.29 is 18.3 Å². The number of hydrogen-bond donors (Lipinski definition) is 0. The summed E-state index contributed by atoms with van der Waals surface area (Å²) in [4.78, 5) is 0. The first-order valence-corrected chi connectivity index (χ1v) is 32.8. The van der Waals surface area contributed by atoms with Gasteiger partial charge in [0.25, 0.3) is 0 Å². The number of allylic oxidation sites excluding steroid dienone is 14. The van der Waals surface area contributed by atoms with Gasteiger partial charge in [-0.05, 0) is 133 Å². The first-order valence-electron chi connectivity index (χ1n) is 26.0. The van der Waals surface area contributed by atoms with E-state index in [9.17, 15) is 0 Å². The largest absolute Gasteiger partial charge is 0.309 e. The summed E-state index contributed by atoms with van der Waals surface area (Å²) in [6.07, 6.45) is 9.46. The van der Waals surface area contributed by atoms with Gasteiger partial charge in [0.2, 0.25) is 0 Å². The van der Waals surface area contributed by atoms with Crippen LogP contribution in [0, 0.1) is 0 Å². The third-order valence-electron chi connectivity index (χ3n) is 16.9. The minimum Gasteiger partial charge on any atom is -0.309 e. The highest BCUT2D eigenvalue weighted by Crippen LogP contribution is 2.89. The lowest BCUT2D eigenvalue weighted by Gasteiger charge is -2.32. The fraction of sp³-hybridized carbons (Fsp3) is 0.188. The van der Waals surface area contributed by atoms with Gasteiger partial charge >= 0.3 is 0 Å². The molecule has 4 fully saturated rings. The van der Waals surface area contributed by atoms with Crippen molar-refractivity contribution in [2.24, 2.45) is 0 Å². The zero-order valence-corrected chi connectivity index (χ0v) is 43.8. The van der Waals surface area contributed by atoms with Crippen LogP contribution >= 0.6 is 28.6 Å². The van der Waals surface area contributed by atoms with E-state index >= 15 is 18.3 Å². The van der Waals surface area contributed by atoms with Crippen LogP contribution in [0.4, 0.5) is 0 Å². The first-order chi connectivity index (χ1) is 35.3. The molecule has 4 aliphatic carbocycles. The van der Waals surface area contributed by atoms with Gasteiger partial charge in [0.05, 0.1) is 0 Å². The summed E-state index contributed by atoms with van der Waals surface area (Å²) in [6, 6.07) is 60.5. The van der Waals surface area contributed by atoms with Gasteiger partial charge in [-0.25, -0.2) is 0 Å². The Kier molecular flexibility index (Phi) is 10.5. The Balaban J connectivity index is 1.05. The van der Waals surface area contributed by atoms with Crippen LogP contribution in [0.1, 0.15) is 88.2 Å². The molecule has 4 unspecified atom stereocenters. The van der Waals surface area contributed by atoms with Crippen molar-refractivity contribution in [1.82, 2.24) is 0 Å². The maximum atomic E-state index is 18.4. The van der Waals surface area contributed by atoms with E-state index < -0.39 is 28.6 Å². The monoisotopic (exact) mass is 1010 g/mol. The zero-order chi connectivity index (χ0) is 48.4. The van der Waals surface area contributed by atoms with Gasteiger partial charge < -0.3 is 18.3 Å². The highest BCUT2D eigenvalue weighted by Gasteiger charge is 2.62. The second-order valence-electron chi connectivity index (χ2n) is 20.5. The molecule has 0 spiro atoms. The van der Waals surface area contributed by atoms with Crippen molar-refractivity contribution in [2.45, 2.75) is 77.0 Å². The summed E-state index contributed by atoms with van der Waals surface area (Å²) in [6.45, 7) is 0. The highest BCUT2D eigenvalue weighted by atomic mass is 31.2. The molecule has 6 aromatic rings. The number of hydrogen-bond acceptors (Lipinski definition) is 4. The highest BCUT2D eigenvalue weighted by molar-refractivity contribution is 7.91. The molecule has 4 atom stereocenters. The van der Waals surface area contributed by atoms with Crippen molar-refractivity contribution in [1.29, 1.82) is 0 Å². The van der Waals surface area contributed by atoms with E-state index in [4.69, 9.17) is 0 Å². The molecule has 8 heteroatoms. The van der Waals surface area contributed by atoms with Crippen LogP contribution in [-0.4, -0.2) is 0 Å². The molecule has 4 saturated carbocycles. The lowest BCUT2D eigenvalue weighted by Crippen LogP contribution is -2.16. The van der Waals surface area contributed by atoms with Gasteiger partial charge in [-0.2, -0.15) is 0 Å². The van der Waals surface area contributed by atoms with Crippen molar-refractivity contribution in [2.75, 3.05) is 0 Å². The minimum atomic E-state index is -4.02. The number of fused-ring (bicyclic) bond motifs is 4. The van der Waals surface area contributed by atoms with Crippen molar-refractivity contribution in [3.63, 3.8) is 0 Å². The van der Waals surface area contributed by atoms with E-state index in [0.29, 0.717) is 46.9 Å². The molecular formula is C64H54O4P4. The fourth-order valence-electron chi connectivity index (χ4n) is 14.3. The molecule has 4 aliphatic heterocycles. The van der Waals surface area contributed by atoms with Crippen molar-refractivity contribution in [3.05, 3.63) is 270 Å². The van der Waals surface area contributed by atoms with E-state index in [1.165, 1.54) is 0 Å². The average Bonchev–Trinajstić information content (AvgIpc) is 4.34. The maximum Gasteiger partial charge on any atom is 0.173 e. The van der Waals surface area contributed by atoms with E-state index in [1.807, 2.05) is 158 Å². The second kappa shape index (κ2) is 16.9. The summed E-state index contributed by atoms with van der Waals surface area (Å²) in [5.41, 5.74) is 10.5. The molecule has 4 nitrogen and oxygen atoms in total. The maximum absolute atomic E-state index is 18.4. The third-order valence-corrected chi connectivity index (χ3v) is 30.6. The molecule has 354 valence electrons. The Morgan fingerprint density at radius 3 is 0.583 bits per heavy atom. The van der Waals surface area contributed by atoms with Gasteiger partial charge in [-0.15, -0.1) is 0 Å². The predicted octanol–water partition coefficient (Wildman–Crippen LogP) is 16.9. The van der Waals surface area contributed by atoms with Gasteiger partial charge in [0.1, 0.15) is 0 Å². The Morgan fingerprint density at radius 2 is 0.375 bits per heavy atom. The van der Waals surface area contributed by atoms with Crippen molar-refractivity contribution >= 4 is 60.4 Å². The topological polar surface area (TPSA) is 68.3 Å². The smallest absolute Gasteiger partial charge is 0.173 e. The van der Waals surface area contributed by atoms with Crippen molar-refractivity contribution in [3.8, 4) is 0 Å². The summed E-state index contributed by atoms with van der Waals surface area (Å²) in [5, 5.41) is 9.14. The summed E-state index contributed by atoms with van der Waals surface area (Å²) in [7, 11) is -15.4. The zero-order valence-electron chi connectivity index (χ0n) is 40.2. The lowest BCUT2D eigenvalue weighted by molar-refractivity contribution is 0.584. The molecule has 0 amide bonds. The Labute approximate surface area is 423 Å².